The predicted octanol–water partition coefficient (Wildman–Crippen LogP) is 3.21. The maximum absolute atomic E-state index is 13.3. The van der Waals surface area contributed by atoms with Gasteiger partial charge >= 0.3 is 0 Å². The van der Waals surface area contributed by atoms with Crippen LogP contribution in [0, 0.1) is 11.2 Å². The lowest BCUT2D eigenvalue weighted by Gasteiger charge is -2.57. The van der Waals surface area contributed by atoms with E-state index in [0.717, 1.165) is 43.8 Å². The van der Waals surface area contributed by atoms with Crippen LogP contribution >= 0.6 is 11.8 Å². The third kappa shape index (κ3) is 2.67. The van der Waals surface area contributed by atoms with Gasteiger partial charge in [-0.05, 0) is 49.3 Å². The van der Waals surface area contributed by atoms with Gasteiger partial charge in [0.05, 0.1) is 0 Å². The molecule has 0 radical (unpaired) electrons. The number of halogens is 1. The van der Waals surface area contributed by atoms with Crippen LogP contribution in [0.15, 0.2) is 29.2 Å². The van der Waals surface area contributed by atoms with Crippen molar-refractivity contribution in [1.29, 1.82) is 0 Å². The summed E-state index contributed by atoms with van der Waals surface area (Å²) in [6.45, 7) is 2.42. The van der Waals surface area contributed by atoms with Gasteiger partial charge in [-0.25, -0.2) is 4.39 Å². The molecule has 1 saturated heterocycles. The first-order valence-corrected chi connectivity index (χ1v) is 7.70. The number of thioether (sulfide) groups is 1. The zero-order chi connectivity index (χ0) is 13.3. The molecule has 1 heterocycles. The lowest BCUT2D eigenvalue weighted by Crippen LogP contribution is -2.55. The molecule has 1 aromatic rings. The Morgan fingerprint density at radius 1 is 1.26 bits per heavy atom. The Labute approximate surface area is 117 Å². The van der Waals surface area contributed by atoms with Crippen LogP contribution in [0.25, 0.3) is 0 Å². The van der Waals surface area contributed by atoms with Crippen LogP contribution in [0.5, 0.6) is 0 Å². The van der Waals surface area contributed by atoms with Crippen LogP contribution in [0.2, 0.25) is 0 Å². The van der Waals surface area contributed by atoms with Gasteiger partial charge < -0.3 is 10.5 Å². The molecular weight excluding hydrogens is 261 g/mol. The summed E-state index contributed by atoms with van der Waals surface area (Å²) in [4.78, 5) is 0.993. The van der Waals surface area contributed by atoms with E-state index in [1.54, 1.807) is 23.9 Å². The summed E-state index contributed by atoms with van der Waals surface area (Å²) in [6, 6.07) is 6.84. The average molecular weight is 281 g/mol. The molecule has 19 heavy (non-hydrogen) atoms. The second kappa shape index (κ2) is 5.08. The molecule has 0 amide bonds. The summed E-state index contributed by atoms with van der Waals surface area (Å²) in [5.74, 6) is -0.169. The summed E-state index contributed by atoms with van der Waals surface area (Å²) < 4.78 is 18.8. The second-order valence-electron chi connectivity index (χ2n) is 5.91. The Hall–Kier alpha value is -0.580. The summed E-state index contributed by atoms with van der Waals surface area (Å²) >= 11 is 1.75. The number of rotatable bonds is 3. The lowest BCUT2D eigenvalue weighted by molar-refractivity contribution is -0.0451. The summed E-state index contributed by atoms with van der Waals surface area (Å²) in [7, 11) is 0. The van der Waals surface area contributed by atoms with E-state index in [1.807, 2.05) is 6.07 Å². The Morgan fingerprint density at radius 3 is 2.63 bits per heavy atom. The molecule has 1 spiro atoms. The van der Waals surface area contributed by atoms with Crippen molar-refractivity contribution in [3.63, 3.8) is 0 Å². The summed E-state index contributed by atoms with van der Waals surface area (Å²) in [5, 5.41) is 0. The largest absolute Gasteiger partial charge is 0.381 e. The van der Waals surface area contributed by atoms with Crippen molar-refractivity contribution in [2.24, 2.45) is 11.1 Å². The van der Waals surface area contributed by atoms with Crippen LogP contribution in [-0.4, -0.2) is 24.5 Å². The highest BCUT2D eigenvalue weighted by molar-refractivity contribution is 8.00. The number of benzene rings is 1. The molecule has 1 saturated carbocycles. The van der Waals surface area contributed by atoms with E-state index in [9.17, 15) is 4.39 Å². The molecular formula is C15H20FNOS. The normalized spacial score (nSPS) is 24.1. The molecule has 0 bridgehead atoms. The third-order valence-electron chi connectivity index (χ3n) is 4.45. The molecule has 1 aliphatic carbocycles. The van der Waals surface area contributed by atoms with Crippen LogP contribution < -0.4 is 5.73 Å². The second-order valence-corrected chi connectivity index (χ2v) is 7.45. The Bertz CT molecular complexity index is 451. The molecule has 2 fully saturated rings. The first-order chi connectivity index (χ1) is 9.15. The maximum atomic E-state index is 13.3. The fourth-order valence-electron chi connectivity index (χ4n) is 3.51. The van der Waals surface area contributed by atoms with Gasteiger partial charge in [-0.2, -0.15) is 0 Å². The van der Waals surface area contributed by atoms with Gasteiger partial charge in [0.1, 0.15) is 5.82 Å². The molecule has 3 rings (SSSR count). The molecule has 4 heteroatoms. The van der Waals surface area contributed by atoms with Crippen LogP contribution in [-0.2, 0) is 4.74 Å². The van der Waals surface area contributed by atoms with E-state index in [1.165, 1.54) is 6.07 Å². The summed E-state index contributed by atoms with van der Waals surface area (Å²) in [5.41, 5.74) is 6.44. The zero-order valence-electron chi connectivity index (χ0n) is 11.0. The molecule has 1 aromatic carbocycles. The molecule has 1 aliphatic heterocycles. The summed E-state index contributed by atoms with van der Waals surface area (Å²) in [6.07, 6.45) is 4.58. The zero-order valence-corrected chi connectivity index (χ0v) is 11.8. The minimum atomic E-state index is -0.169. The van der Waals surface area contributed by atoms with Gasteiger partial charge in [0.25, 0.3) is 0 Å². The van der Waals surface area contributed by atoms with Crippen LogP contribution in [0.1, 0.15) is 25.7 Å². The van der Waals surface area contributed by atoms with E-state index in [0.29, 0.717) is 12.0 Å². The van der Waals surface area contributed by atoms with Crippen molar-refractivity contribution < 1.29 is 9.13 Å². The molecule has 2 N–H and O–H groups in total. The van der Waals surface area contributed by atoms with E-state index < -0.39 is 0 Å². The molecule has 104 valence electrons. The minimum absolute atomic E-state index is 0.102. The van der Waals surface area contributed by atoms with Gasteiger partial charge in [-0.1, -0.05) is 6.07 Å². The topological polar surface area (TPSA) is 35.2 Å². The molecule has 2 aliphatic rings. The molecule has 2 nitrogen and oxygen atoms in total. The Balaban J connectivity index is 1.69. The van der Waals surface area contributed by atoms with Gasteiger partial charge in [-0.15, -0.1) is 11.8 Å². The average Bonchev–Trinajstić information content (AvgIpc) is 2.38. The highest BCUT2D eigenvalue weighted by Crippen LogP contribution is 2.61. The first kappa shape index (κ1) is 13.4. The molecule has 0 unspecified atom stereocenters. The highest BCUT2D eigenvalue weighted by Gasteiger charge is 2.54. The van der Waals surface area contributed by atoms with Gasteiger partial charge in [0.15, 0.2) is 0 Å². The van der Waals surface area contributed by atoms with E-state index >= 15 is 0 Å². The van der Waals surface area contributed by atoms with E-state index in [-0.39, 0.29) is 10.6 Å². The van der Waals surface area contributed by atoms with Crippen molar-refractivity contribution in [3.05, 3.63) is 30.1 Å². The van der Waals surface area contributed by atoms with E-state index in [4.69, 9.17) is 10.5 Å². The molecule has 0 atom stereocenters. The minimum Gasteiger partial charge on any atom is -0.381 e. The lowest BCUT2D eigenvalue weighted by atomic mass is 9.57. The van der Waals surface area contributed by atoms with E-state index in [2.05, 4.69) is 0 Å². The molecule has 0 aromatic heterocycles. The van der Waals surface area contributed by atoms with Crippen LogP contribution in [0.3, 0.4) is 0 Å². The van der Waals surface area contributed by atoms with Crippen LogP contribution in [0.4, 0.5) is 4.39 Å². The number of ether oxygens (including phenoxy) is 1. The fourth-order valence-corrected chi connectivity index (χ4v) is 5.17. The Kier molecular flexibility index (Phi) is 3.58. The fraction of sp³-hybridized carbons (Fsp3) is 0.600. The van der Waals surface area contributed by atoms with Crippen molar-refractivity contribution in [2.45, 2.75) is 35.3 Å². The van der Waals surface area contributed by atoms with Gasteiger partial charge in [0, 0.05) is 29.4 Å². The number of hydrogen-bond acceptors (Lipinski definition) is 3. The highest BCUT2D eigenvalue weighted by atomic mass is 32.2. The van der Waals surface area contributed by atoms with Gasteiger partial charge in [-0.3, -0.25) is 0 Å². The maximum Gasteiger partial charge on any atom is 0.124 e. The smallest absolute Gasteiger partial charge is 0.124 e. The first-order valence-electron chi connectivity index (χ1n) is 6.88. The number of hydrogen-bond donors (Lipinski definition) is 1. The van der Waals surface area contributed by atoms with Crippen molar-refractivity contribution in [2.75, 3.05) is 19.8 Å². The Morgan fingerprint density at radius 2 is 2.00 bits per heavy atom. The van der Waals surface area contributed by atoms with Crippen molar-refractivity contribution >= 4 is 11.8 Å². The quantitative estimate of drug-likeness (QED) is 0.924. The third-order valence-corrected chi connectivity index (χ3v) is 5.83. The SMILES string of the molecule is NCC1(Sc2cccc(F)c2)CC2(CCOCC2)C1. The van der Waals surface area contributed by atoms with Crippen molar-refractivity contribution in [3.8, 4) is 0 Å². The predicted molar refractivity (Wildman–Crippen MR) is 75.8 cm³/mol. The number of nitrogens with two attached hydrogens (primary N) is 1. The standard InChI is InChI=1S/C15H20FNOS/c16-12-2-1-3-13(8-12)19-15(11-17)9-14(10-15)4-6-18-7-5-14/h1-3,8H,4-7,9-11,17H2. The van der Waals surface area contributed by atoms with Crippen molar-refractivity contribution in [1.82, 2.24) is 0 Å². The monoisotopic (exact) mass is 281 g/mol. The van der Waals surface area contributed by atoms with Gasteiger partial charge in [0.2, 0.25) is 0 Å².